The maximum Gasteiger partial charge on any atom is 0.140 e. The van der Waals surface area contributed by atoms with E-state index in [1.54, 1.807) is 0 Å². The topological polar surface area (TPSA) is 73.9 Å². The van der Waals surface area contributed by atoms with Crippen LogP contribution in [0.2, 0.25) is 0 Å². The fourth-order valence-electron chi connectivity index (χ4n) is 5.32. The molecule has 4 bridgehead atoms. The maximum atomic E-state index is 8.67. The Bertz CT molecular complexity index is 354. The number of aliphatic hydroxyl groups excluding tert-OH is 1. The van der Waals surface area contributed by atoms with E-state index in [4.69, 9.17) is 25.1 Å². The number of aliphatic hydroxyl groups is 1. The summed E-state index contributed by atoms with van der Waals surface area (Å²) in [6.45, 7) is 3.86. The van der Waals surface area contributed by atoms with Gasteiger partial charge < -0.3 is 25.1 Å². The summed E-state index contributed by atoms with van der Waals surface area (Å²) in [4.78, 5) is 0. The van der Waals surface area contributed by atoms with Gasteiger partial charge >= 0.3 is 0 Å². The first-order valence-electron chi connectivity index (χ1n) is 9.32. The van der Waals surface area contributed by atoms with Gasteiger partial charge in [0.1, 0.15) is 5.72 Å². The highest BCUT2D eigenvalue weighted by atomic mass is 16.6. The molecule has 5 heteroatoms. The molecule has 0 aromatic rings. The SMILES string of the molecule is CCC(N)(COCCOCCO)OC12CC3CC(CC(C3)C1)C2. The number of hydrogen-bond donors (Lipinski definition) is 2. The summed E-state index contributed by atoms with van der Waals surface area (Å²) in [5, 5.41) is 8.67. The molecule has 0 spiro atoms. The van der Waals surface area contributed by atoms with Crippen LogP contribution in [-0.4, -0.2) is 49.5 Å². The van der Waals surface area contributed by atoms with E-state index in [-0.39, 0.29) is 12.2 Å². The summed E-state index contributed by atoms with van der Waals surface area (Å²) < 4.78 is 17.5. The second-order valence-corrected chi connectivity index (χ2v) is 8.01. The Kier molecular flexibility index (Phi) is 5.64. The zero-order chi connectivity index (χ0) is 16.3. The number of rotatable bonds is 10. The van der Waals surface area contributed by atoms with Gasteiger partial charge in [-0.25, -0.2) is 0 Å². The van der Waals surface area contributed by atoms with Crippen LogP contribution in [-0.2, 0) is 14.2 Å². The molecule has 0 aromatic carbocycles. The molecule has 1 atom stereocenters. The lowest BCUT2D eigenvalue weighted by Crippen LogP contribution is -2.59. The van der Waals surface area contributed by atoms with E-state index in [0.29, 0.717) is 26.4 Å². The minimum absolute atomic E-state index is 0.0102. The van der Waals surface area contributed by atoms with Crippen LogP contribution in [0.1, 0.15) is 51.9 Å². The van der Waals surface area contributed by atoms with Gasteiger partial charge in [0, 0.05) is 0 Å². The molecule has 134 valence electrons. The molecule has 0 saturated heterocycles. The van der Waals surface area contributed by atoms with Crippen molar-refractivity contribution >= 4 is 0 Å². The number of nitrogens with two attached hydrogens (primary N) is 1. The van der Waals surface area contributed by atoms with Crippen molar-refractivity contribution in [3.05, 3.63) is 0 Å². The molecule has 1 unspecified atom stereocenters. The fraction of sp³-hybridized carbons (Fsp3) is 1.00. The molecule has 4 aliphatic rings. The van der Waals surface area contributed by atoms with Crippen LogP contribution in [0.15, 0.2) is 0 Å². The van der Waals surface area contributed by atoms with Gasteiger partial charge in [0.15, 0.2) is 0 Å². The highest BCUT2D eigenvalue weighted by Gasteiger charge is 2.53. The van der Waals surface area contributed by atoms with Crippen molar-refractivity contribution in [3.8, 4) is 0 Å². The molecule has 4 saturated carbocycles. The van der Waals surface area contributed by atoms with Crippen LogP contribution in [0, 0.1) is 17.8 Å². The van der Waals surface area contributed by atoms with Gasteiger partial charge in [-0.15, -0.1) is 0 Å². The van der Waals surface area contributed by atoms with Crippen LogP contribution in [0.25, 0.3) is 0 Å². The van der Waals surface area contributed by atoms with Crippen molar-refractivity contribution in [1.29, 1.82) is 0 Å². The Hall–Kier alpha value is -0.200. The minimum atomic E-state index is -0.692. The maximum absolute atomic E-state index is 8.67. The Labute approximate surface area is 139 Å². The lowest BCUT2D eigenvalue weighted by atomic mass is 9.54. The first-order chi connectivity index (χ1) is 11.1. The first kappa shape index (κ1) is 17.6. The molecule has 5 nitrogen and oxygen atoms in total. The molecule has 4 aliphatic carbocycles. The molecular formula is C18H33NO4. The van der Waals surface area contributed by atoms with Crippen molar-refractivity contribution in [2.75, 3.05) is 33.0 Å². The highest BCUT2D eigenvalue weighted by Crippen LogP contribution is 2.57. The molecule has 4 rings (SSSR count). The Morgan fingerprint density at radius 2 is 1.57 bits per heavy atom. The fourth-order valence-corrected chi connectivity index (χ4v) is 5.32. The Morgan fingerprint density at radius 1 is 1.00 bits per heavy atom. The summed E-state index contributed by atoms with van der Waals surface area (Å²) in [6, 6.07) is 0. The van der Waals surface area contributed by atoms with Crippen LogP contribution in [0.3, 0.4) is 0 Å². The van der Waals surface area contributed by atoms with Crippen molar-refractivity contribution in [2.24, 2.45) is 23.5 Å². The van der Waals surface area contributed by atoms with E-state index >= 15 is 0 Å². The predicted octanol–water partition coefficient (Wildman–Crippen LogP) is 2.06. The van der Waals surface area contributed by atoms with Crippen LogP contribution in [0.5, 0.6) is 0 Å². The molecule has 0 aromatic heterocycles. The van der Waals surface area contributed by atoms with Gasteiger partial charge in [0.05, 0.1) is 38.6 Å². The van der Waals surface area contributed by atoms with E-state index in [0.717, 1.165) is 24.2 Å². The largest absolute Gasteiger partial charge is 0.394 e. The summed E-state index contributed by atoms with van der Waals surface area (Å²) in [7, 11) is 0. The van der Waals surface area contributed by atoms with Gasteiger partial charge in [-0.1, -0.05) is 6.92 Å². The van der Waals surface area contributed by atoms with Gasteiger partial charge in [-0.05, 0) is 62.7 Å². The summed E-state index contributed by atoms with van der Waals surface area (Å²) >= 11 is 0. The Morgan fingerprint density at radius 3 is 2.09 bits per heavy atom. The van der Waals surface area contributed by atoms with Gasteiger partial charge in [-0.3, -0.25) is 0 Å². The number of hydrogen-bond acceptors (Lipinski definition) is 5. The molecule has 0 radical (unpaired) electrons. The van der Waals surface area contributed by atoms with E-state index < -0.39 is 5.72 Å². The highest BCUT2D eigenvalue weighted by molar-refractivity contribution is 5.04. The first-order valence-corrected chi connectivity index (χ1v) is 9.32. The monoisotopic (exact) mass is 327 g/mol. The smallest absolute Gasteiger partial charge is 0.140 e. The molecule has 0 aliphatic heterocycles. The number of ether oxygens (including phenoxy) is 3. The third kappa shape index (κ3) is 4.26. The van der Waals surface area contributed by atoms with Gasteiger partial charge in [-0.2, -0.15) is 0 Å². The van der Waals surface area contributed by atoms with Crippen molar-refractivity contribution < 1.29 is 19.3 Å². The van der Waals surface area contributed by atoms with Crippen molar-refractivity contribution in [1.82, 2.24) is 0 Å². The normalized spacial score (nSPS) is 38.0. The zero-order valence-corrected chi connectivity index (χ0v) is 14.5. The van der Waals surface area contributed by atoms with E-state index in [2.05, 4.69) is 6.92 Å². The average Bonchev–Trinajstić information content (AvgIpc) is 2.49. The lowest BCUT2D eigenvalue weighted by Gasteiger charge is -2.58. The van der Waals surface area contributed by atoms with E-state index in [1.807, 2.05) is 0 Å². The minimum Gasteiger partial charge on any atom is -0.394 e. The Balaban J connectivity index is 1.50. The standard InChI is InChI=1S/C18H33NO4/c1-2-18(19,13-22-6-5-21-4-3-20)23-17-10-14-7-15(11-17)9-16(8-14)12-17/h14-16,20H,2-13,19H2,1H3. The molecule has 0 heterocycles. The average molecular weight is 327 g/mol. The van der Waals surface area contributed by atoms with Crippen LogP contribution in [0.4, 0.5) is 0 Å². The molecule has 3 N–H and O–H groups in total. The second kappa shape index (κ2) is 7.36. The summed E-state index contributed by atoms with van der Waals surface area (Å²) in [5.74, 6) is 2.57. The predicted molar refractivity (Wildman–Crippen MR) is 87.9 cm³/mol. The van der Waals surface area contributed by atoms with Crippen LogP contribution < -0.4 is 5.73 Å². The lowest BCUT2D eigenvalue weighted by molar-refractivity contribution is -0.238. The van der Waals surface area contributed by atoms with Gasteiger partial charge in [0.25, 0.3) is 0 Å². The van der Waals surface area contributed by atoms with Crippen LogP contribution >= 0.6 is 0 Å². The summed E-state index contributed by atoms with van der Waals surface area (Å²) in [6.07, 6.45) is 8.56. The third-order valence-electron chi connectivity index (χ3n) is 5.95. The third-order valence-corrected chi connectivity index (χ3v) is 5.95. The van der Waals surface area contributed by atoms with Crippen molar-refractivity contribution in [2.45, 2.75) is 63.2 Å². The quantitative estimate of drug-likeness (QED) is 0.474. The van der Waals surface area contributed by atoms with E-state index in [1.165, 1.54) is 38.5 Å². The molecular weight excluding hydrogens is 294 g/mol. The second-order valence-electron chi connectivity index (χ2n) is 8.01. The van der Waals surface area contributed by atoms with E-state index in [9.17, 15) is 0 Å². The summed E-state index contributed by atoms with van der Waals surface area (Å²) in [5.41, 5.74) is 5.85. The molecule has 0 amide bonds. The zero-order valence-electron chi connectivity index (χ0n) is 14.5. The molecule has 23 heavy (non-hydrogen) atoms. The molecule has 4 fully saturated rings. The van der Waals surface area contributed by atoms with Crippen molar-refractivity contribution in [3.63, 3.8) is 0 Å². The van der Waals surface area contributed by atoms with Gasteiger partial charge in [0.2, 0.25) is 0 Å².